The number of carbonyl (C=O) groups is 1. The van der Waals surface area contributed by atoms with Gasteiger partial charge in [0.2, 0.25) is 0 Å². The fourth-order valence-electron chi connectivity index (χ4n) is 1.24. The SMILES string of the molecule is CNCCC#Cc1ccc(C=O)c(C)c1. The van der Waals surface area contributed by atoms with Crippen LogP contribution in [0.1, 0.15) is 27.9 Å². The lowest BCUT2D eigenvalue weighted by Gasteiger charge is -1.97. The van der Waals surface area contributed by atoms with Crippen molar-refractivity contribution in [3.63, 3.8) is 0 Å². The molecule has 15 heavy (non-hydrogen) atoms. The lowest BCUT2D eigenvalue weighted by molar-refractivity contribution is 0.112. The third kappa shape index (κ3) is 3.57. The second-order valence-electron chi connectivity index (χ2n) is 3.34. The first kappa shape index (κ1) is 11.5. The topological polar surface area (TPSA) is 29.1 Å². The van der Waals surface area contributed by atoms with Crippen molar-refractivity contribution >= 4 is 6.29 Å². The number of nitrogens with one attached hydrogen (secondary N) is 1. The Morgan fingerprint density at radius 2 is 2.27 bits per heavy atom. The lowest BCUT2D eigenvalue weighted by Crippen LogP contribution is -2.05. The predicted octanol–water partition coefficient (Wildman–Crippen LogP) is 1.77. The van der Waals surface area contributed by atoms with E-state index in [1.807, 2.05) is 32.2 Å². The van der Waals surface area contributed by atoms with Gasteiger partial charge in [-0.05, 0) is 31.7 Å². The standard InChI is InChI=1S/C13H15NO/c1-11-9-12(5-3-4-8-14-2)6-7-13(11)10-15/h6-7,9-10,14H,4,8H2,1-2H3. The van der Waals surface area contributed by atoms with Crippen molar-refractivity contribution in [3.05, 3.63) is 34.9 Å². The van der Waals surface area contributed by atoms with Crippen molar-refractivity contribution in [2.75, 3.05) is 13.6 Å². The zero-order valence-corrected chi connectivity index (χ0v) is 9.13. The number of carbonyl (C=O) groups excluding carboxylic acids is 1. The van der Waals surface area contributed by atoms with E-state index in [2.05, 4.69) is 17.2 Å². The Bertz CT molecular complexity index is 399. The summed E-state index contributed by atoms with van der Waals surface area (Å²) in [5.74, 6) is 6.13. The maximum atomic E-state index is 10.6. The van der Waals surface area contributed by atoms with Gasteiger partial charge in [0.25, 0.3) is 0 Å². The van der Waals surface area contributed by atoms with E-state index in [0.29, 0.717) is 0 Å². The van der Waals surface area contributed by atoms with E-state index in [0.717, 1.165) is 35.9 Å². The van der Waals surface area contributed by atoms with Gasteiger partial charge in [-0.15, -0.1) is 0 Å². The van der Waals surface area contributed by atoms with Gasteiger partial charge in [0, 0.05) is 24.1 Å². The maximum absolute atomic E-state index is 10.6. The van der Waals surface area contributed by atoms with E-state index < -0.39 is 0 Å². The third-order valence-corrected chi connectivity index (χ3v) is 2.13. The molecule has 0 atom stereocenters. The molecule has 0 amide bonds. The summed E-state index contributed by atoms with van der Waals surface area (Å²) in [5.41, 5.74) is 2.68. The van der Waals surface area contributed by atoms with E-state index in [-0.39, 0.29) is 0 Å². The van der Waals surface area contributed by atoms with Gasteiger partial charge in [0.05, 0.1) is 0 Å². The monoisotopic (exact) mass is 201 g/mol. The van der Waals surface area contributed by atoms with Crippen molar-refractivity contribution in [1.29, 1.82) is 0 Å². The van der Waals surface area contributed by atoms with Gasteiger partial charge in [0.15, 0.2) is 0 Å². The Hall–Kier alpha value is -1.59. The van der Waals surface area contributed by atoms with Crippen LogP contribution in [0.5, 0.6) is 0 Å². The summed E-state index contributed by atoms with van der Waals surface area (Å²) in [6, 6.07) is 5.63. The molecule has 0 unspecified atom stereocenters. The molecule has 0 heterocycles. The number of hydrogen-bond donors (Lipinski definition) is 1. The highest BCUT2D eigenvalue weighted by molar-refractivity contribution is 5.77. The van der Waals surface area contributed by atoms with Crippen LogP contribution >= 0.6 is 0 Å². The van der Waals surface area contributed by atoms with E-state index in [1.54, 1.807) is 0 Å². The first-order chi connectivity index (χ1) is 7.27. The Morgan fingerprint density at radius 3 is 2.87 bits per heavy atom. The van der Waals surface area contributed by atoms with E-state index in [9.17, 15) is 4.79 Å². The van der Waals surface area contributed by atoms with Gasteiger partial charge in [-0.2, -0.15) is 0 Å². The molecular formula is C13H15NO. The highest BCUT2D eigenvalue weighted by Gasteiger charge is 1.96. The number of aryl methyl sites for hydroxylation is 1. The van der Waals surface area contributed by atoms with E-state index >= 15 is 0 Å². The molecule has 0 spiro atoms. The molecular weight excluding hydrogens is 186 g/mol. The van der Waals surface area contributed by atoms with Gasteiger partial charge in [-0.25, -0.2) is 0 Å². The molecule has 0 radical (unpaired) electrons. The molecule has 0 aliphatic heterocycles. The van der Waals surface area contributed by atoms with Gasteiger partial charge in [-0.3, -0.25) is 4.79 Å². The van der Waals surface area contributed by atoms with Crippen LogP contribution in [0.25, 0.3) is 0 Å². The van der Waals surface area contributed by atoms with Crippen LogP contribution in [0.4, 0.5) is 0 Å². The van der Waals surface area contributed by atoms with Crippen LogP contribution < -0.4 is 5.32 Å². The van der Waals surface area contributed by atoms with Crippen molar-refractivity contribution in [2.45, 2.75) is 13.3 Å². The second kappa shape index (κ2) is 6.00. The molecule has 1 aromatic carbocycles. The highest BCUT2D eigenvalue weighted by atomic mass is 16.1. The van der Waals surface area contributed by atoms with Crippen LogP contribution in [-0.4, -0.2) is 19.9 Å². The quantitative estimate of drug-likeness (QED) is 0.459. The second-order valence-corrected chi connectivity index (χ2v) is 3.34. The average molecular weight is 201 g/mol. The summed E-state index contributed by atoms with van der Waals surface area (Å²) in [6.07, 6.45) is 1.71. The van der Waals surface area contributed by atoms with Gasteiger partial charge in [-0.1, -0.05) is 17.9 Å². The Morgan fingerprint density at radius 1 is 1.47 bits per heavy atom. The largest absolute Gasteiger partial charge is 0.319 e. The molecule has 0 fully saturated rings. The smallest absolute Gasteiger partial charge is 0.150 e. The zero-order valence-electron chi connectivity index (χ0n) is 9.13. The lowest BCUT2D eigenvalue weighted by atomic mass is 10.1. The summed E-state index contributed by atoms with van der Waals surface area (Å²) >= 11 is 0. The van der Waals surface area contributed by atoms with Crippen LogP contribution in [0.3, 0.4) is 0 Å². The molecule has 0 aromatic heterocycles. The van der Waals surface area contributed by atoms with Crippen molar-refractivity contribution < 1.29 is 4.79 Å². The predicted molar refractivity (Wildman–Crippen MR) is 62.0 cm³/mol. The summed E-state index contributed by atoms with van der Waals surface area (Å²) < 4.78 is 0. The summed E-state index contributed by atoms with van der Waals surface area (Å²) in [5, 5.41) is 3.03. The minimum Gasteiger partial charge on any atom is -0.319 e. The van der Waals surface area contributed by atoms with Gasteiger partial charge >= 0.3 is 0 Å². The summed E-state index contributed by atoms with van der Waals surface area (Å²) in [7, 11) is 1.91. The molecule has 2 nitrogen and oxygen atoms in total. The van der Waals surface area contributed by atoms with Crippen LogP contribution in [0, 0.1) is 18.8 Å². The fourth-order valence-corrected chi connectivity index (χ4v) is 1.24. The molecule has 0 saturated carbocycles. The molecule has 2 heteroatoms. The average Bonchev–Trinajstić information content (AvgIpc) is 2.25. The Labute approximate surface area is 90.7 Å². The first-order valence-corrected chi connectivity index (χ1v) is 4.97. The Balaban J connectivity index is 2.73. The molecule has 0 bridgehead atoms. The molecule has 1 rings (SSSR count). The van der Waals surface area contributed by atoms with Crippen LogP contribution in [0.2, 0.25) is 0 Å². The van der Waals surface area contributed by atoms with E-state index in [1.165, 1.54) is 0 Å². The number of hydrogen-bond acceptors (Lipinski definition) is 2. The number of rotatable bonds is 3. The highest BCUT2D eigenvalue weighted by Crippen LogP contribution is 2.07. The van der Waals surface area contributed by atoms with Crippen molar-refractivity contribution in [1.82, 2.24) is 5.32 Å². The molecule has 0 aliphatic rings. The molecule has 0 saturated heterocycles. The molecule has 78 valence electrons. The van der Waals surface area contributed by atoms with Crippen molar-refractivity contribution in [2.24, 2.45) is 0 Å². The van der Waals surface area contributed by atoms with Crippen LogP contribution in [0.15, 0.2) is 18.2 Å². The first-order valence-electron chi connectivity index (χ1n) is 4.97. The minimum absolute atomic E-state index is 0.732. The normalized spacial score (nSPS) is 9.20. The molecule has 1 N–H and O–H groups in total. The van der Waals surface area contributed by atoms with Gasteiger partial charge in [0.1, 0.15) is 6.29 Å². The summed E-state index contributed by atoms with van der Waals surface area (Å²) in [4.78, 5) is 10.6. The van der Waals surface area contributed by atoms with Crippen LogP contribution in [-0.2, 0) is 0 Å². The van der Waals surface area contributed by atoms with Gasteiger partial charge < -0.3 is 5.32 Å². The van der Waals surface area contributed by atoms with Crippen molar-refractivity contribution in [3.8, 4) is 11.8 Å². The summed E-state index contributed by atoms with van der Waals surface area (Å²) in [6.45, 7) is 2.82. The van der Waals surface area contributed by atoms with E-state index in [4.69, 9.17) is 0 Å². The number of aldehydes is 1. The number of benzene rings is 1. The zero-order chi connectivity index (χ0) is 11.1. The third-order valence-electron chi connectivity index (χ3n) is 2.13. The molecule has 0 aliphatic carbocycles. The Kier molecular flexibility index (Phi) is 4.59. The maximum Gasteiger partial charge on any atom is 0.150 e. The molecule has 1 aromatic rings. The minimum atomic E-state index is 0.732. The fraction of sp³-hybridized carbons (Fsp3) is 0.308.